The number of nitrogens with one attached hydrogen (secondary N) is 2. The van der Waals surface area contributed by atoms with Gasteiger partial charge in [0.05, 0.1) is 19.0 Å². The van der Waals surface area contributed by atoms with Gasteiger partial charge in [0.1, 0.15) is 5.75 Å². The van der Waals surface area contributed by atoms with Crippen LogP contribution in [0.4, 0.5) is 17.5 Å². The number of pyridine rings is 1. The monoisotopic (exact) mass is 322 g/mol. The molecule has 0 unspecified atom stereocenters. The summed E-state index contributed by atoms with van der Waals surface area (Å²) < 4.78 is 5.35. The number of hydrogen-bond donors (Lipinski definition) is 2. The van der Waals surface area contributed by atoms with E-state index in [0.717, 1.165) is 22.6 Å². The average molecular weight is 322 g/mol. The maximum absolute atomic E-state index is 5.35. The molecule has 0 aliphatic rings. The van der Waals surface area contributed by atoms with Crippen molar-refractivity contribution in [1.82, 2.24) is 20.2 Å². The molecule has 0 spiro atoms. The molecule has 0 radical (unpaired) electrons. The largest absolute Gasteiger partial charge is 0.495 e. The molecule has 7 heteroatoms. The minimum Gasteiger partial charge on any atom is -0.495 e. The van der Waals surface area contributed by atoms with Gasteiger partial charge < -0.3 is 15.4 Å². The number of nitrogens with zero attached hydrogens (tertiary/aromatic N) is 4. The fourth-order valence-electron chi connectivity index (χ4n) is 2.17. The molecule has 0 saturated heterocycles. The number of aromatic nitrogens is 4. The Morgan fingerprint density at radius 2 is 1.96 bits per heavy atom. The fourth-order valence-corrected chi connectivity index (χ4v) is 2.17. The highest BCUT2D eigenvalue weighted by atomic mass is 16.5. The van der Waals surface area contributed by atoms with Gasteiger partial charge in [-0.2, -0.15) is 10.1 Å². The number of methoxy groups -OCH3 is 1. The molecule has 0 atom stereocenters. The van der Waals surface area contributed by atoms with E-state index in [-0.39, 0.29) is 0 Å². The lowest BCUT2D eigenvalue weighted by Gasteiger charge is -2.11. The van der Waals surface area contributed by atoms with Gasteiger partial charge in [0.2, 0.25) is 5.95 Å². The van der Waals surface area contributed by atoms with Gasteiger partial charge in [-0.05, 0) is 42.3 Å². The van der Waals surface area contributed by atoms with Crippen molar-refractivity contribution in [2.75, 3.05) is 17.7 Å². The van der Waals surface area contributed by atoms with Crippen LogP contribution in [0.3, 0.4) is 0 Å². The second-order valence-electron chi connectivity index (χ2n) is 5.20. The highest BCUT2D eigenvalue weighted by molar-refractivity contribution is 5.63. The van der Waals surface area contributed by atoms with Gasteiger partial charge in [0.15, 0.2) is 5.82 Å². The highest BCUT2D eigenvalue weighted by Crippen LogP contribution is 2.27. The molecule has 0 fully saturated rings. The smallest absolute Gasteiger partial charge is 0.249 e. The Balaban J connectivity index is 1.72. The first kappa shape index (κ1) is 15.7. The number of benzene rings is 1. The van der Waals surface area contributed by atoms with Crippen LogP contribution >= 0.6 is 0 Å². The van der Waals surface area contributed by atoms with E-state index in [0.29, 0.717) is 18.3 Å². The molecular formula is C17H18N6O. The number of hydrogen-bond acceptors (Lipinski definition) is 7. The van der Waals surface area contributed by atoms with Crippen molar-refractivity contribution in [3.05, 3.63) is 60.0 Å². The molecule has 7 nitrogen and oxygen atoms in total. The van der Waals surface area contributed by atoms with Crippen LogP contribution < -0.4 is 15.4 Å². The van der Waals surface area contributed by atoms with Crippen molar-refractivity contribution < 1.29 is 4.74 Å². The second kappa shape index (κ2) is 7.36. The molecule has 2 aromatic heterocycles. The molecule has 2 heterocycles. The van der Waals surface area contributed by atoms with E-state index in [9.17, 15) is 0 Å². The minimum atomic E-state index is 0.402. The molecule has 24 heavy (non-hydrogen) atoms. The molecule has 122 valence electrons. The minimum absolute atomic E-state index is 0.402. The van der Waals surface area contributed by atoms with E-state index >= 15 is 0 Å². The summed E-state index contributed by atoms with van der Waals surface area (Å²) in [5, 5.41) is 14.4. The standard InChI is InChI=1S/C17H18N6O/c1-12-3-4-15(24-2)14(9-12)21-17-22-16(11-20-23-17)19-10-13-5-7-18-8-6-13/h3-9,11H,10H2,1-2H3,(H2,19,21,22,23). The van der Waals surface area contributed by atoms with Crippen molar-refractivity contribution in [1.29, 1.82) is 0 Å². The first-order valence-corrected chi connectivity index (χ1v) is 7.49. The van der Waals surface area contributed by atoms with Crippen molar-refractivity contribution in [2.24, 2.45) is 0 Å². The Hall–Kier alpha value is -3.22. The Morgan fingerprint density at radius 3 is 2.75 bits per heavy atom. The molecule has 3 rings (SSSR count). The lowest BCUT2D eigenvalue weighted by molar-refractivity contribution is 0.416. The van der Waals surface area contributed by atoms with E-state index in [1.54, 1.807) is 25.7 Å². The van der Waals surface area contributed by atoms with Crippen LogP contribution in [0.15, 0.2) is 48.9 Å². The summed E-state index contributed by atoms with van der Waals surface area (Å²) in [6.45, 7) is 2.64. The van der Waals surface area contributed by atoms with Crippen LogP contribution in [0, 0.1) is 6.92 Å². The molecule has 3 aromatic rings. The second-order valence-corrected chi connectivity index (χ2v) is 5.20. The Morgan fingerprint density at radius 1 is 1.12 bits per heavy atom. The zero-order valence-electron chi connectivity index (χ0n) is 13.5. The van der Waals surface area contributed by atoms with Crippen molar-refractivity contribution >= 4 is 17.5 Å². The third-order valence-corrected chi connectivity index (χ3v) is 3.38. The van der Waals surface area contributed by atoms with Gasteiger partial charge in [-0.3, -0.25) is 4.98 Å². The number of anilines is 3. The summed E-state index contributed by atoms with van der Waals surface area (Å²) in [6.07, 6.45) is 5.10. The van der Waals surface area contributed by atoms with Crippen molar-refractivity contribution in [3.8, 4) is 5.75 Å². The lowest BCUT2D eigenvalue weighted by atomic mass is 10.2. The van der Waals surface area contributed by atoms with E-state index in [4.69, 9.17) is 4.74 Å². The van der Waals surface area contributed by atoms with Crippen LogP contribution in [-0.4, -0.2) is 27.3 Å². The van der Waals surface area contributed by atoms with Crippen molar-refractivity contribution in [3.63, 3.8) is 0 Å². The average Bonchev–Trinajstić information content (AvgIpc) is 2.61. The zero-order chi connectivity index (χ0) is 16.8. The van der Waals surface area contributed by atoms with Gasteiger partial charge in [0.25, 0.3) is 0 Å². The Bertz CT molecular complexity index is 809. The molecular weight excluding hydrogens is 304 g/mol. The molecule has 1 aromatic carbocycles. The maximum atomic E-state index is 5.35. The summed E-state index contributed by atoms with van der Waals surface area (Å²) >= 11 is 0. The van der Waals surface area contributed by atoms with Gasteiger partial charge in [-0.15, -0.1) is 5.10 Å². The van der Waals surface area contributed by atoms with Crippen LogP contribution in [0.5, 0.6) is 5.75 Å². The predicted molar refractivity (Wildman–Crippen MR) is 92.4 cm³/mol. The topological polar surface area (TPSA) is 84.9 Å². The normalized spacial score (nSPS) is 10.2. The van der Waals surface area contributed by atoms with Crippen LogP contribution in [0.2, 0.25) is 0 Å². The van der Waals surface area contributed by atoms with Gasteiger partial charge in [0, 0.05) is 18.9 Å². The summed E-state index contributed by atoms with van der Waals surface area (Å²) in [6, 6.07) is 9.74. The molecule has 0 saturated carbocycles. The first-order valence-electron chi connectivity index (χ1n) is 7.49. The zero-order valence-corrected chi connectivity index (χ0v) is 13.5. The fraction of sp³-hybridized carbons (Fsp3) is 0.176. The van der Waals surface area contributed by atoms with E-state index < -0.39 is 0 Å². The van der Waals surface area contributed by atoms with E-state index in [1.165, 1.54) is 0 Å². The number of aryl methyl sites for hydroxylation is 1. The van der Waals surface area contributed by atoms with Crippen LogP contribution in [0.25, 0.3) is 0 Å². The molecule has 0 aliphatic heterocycles. The number of ether oxygens (including phenoxy) is 1. The van der Waals surface area contributed by atoms with Crippen LogP contribution in [0.1, 0.15) is 11.1 Å². The molecule has 0 bridgehead atoms. The summed E-state index contributed by atoms with van der Waals surface area (Å²) in [7, 11) is 1.63. The predicted octanol–water partition coefficient (Wildman–Crippen LogP) is 2.94. The number of rotatable bonds is 6. The molecule has 0 aliphatic carbocycles. The maximum Gasteiger partial charge on any atom is 0.249 e. The SMILES string of the molecule is COc1ccc(C)cc1Nc1nncc(NCc2ccncc2)n1. The van der Waals surface area contributed by atoms with Crippen LogP contribution in [-0.2, 0) is 6.54 Å². The van der Waals surface area contributed by atoms with Gasteiger partial charge in [-0.25, -0.2) is 0 Å². The third-order valence-electron chi connectivity index (χ3n) is 3.38. The van der Waals surface area contributed by atoms with Gasteiger partial charge >= 0.3 is 0 Å². The first-order chi connectivity index (χ1) is 11.7. The van der Waals surface area contributed by atoms with Gasteiger partial charge in [-0.1, -0.05) is 6.07 Å². The van der Waals surface area contributed by atoms with E-state index in [1.807, 2.05) is 37.3 Å². The molecule has 0 amide bonds. The Labute approximate surface area is 140 Å². The summed E-state index contributed by atoms with van der Waals surface area (Å²) in [5.74, 6) is 1.76. The van der Waals surface area contributed by atoms with Crippen molar-refractivity contribution in [2.45, 2.75) is 13.5 Å². The third kappa shape index (κ3) is 3.95. The Kier molecular flexibility index (Phi) is 4.81. The summed E-state index contributed by atoms with van der Waals surface area (Å²) in [5.41, 5.74) is 3.02. The summed E-state index contributed by atoms with van der Waals surface area (Å²) in [4.78, 5) is 8.42. The quantitative estimate of drug-likeness (QED) is 0.721. The van der Waals surface area contributed by atoms with E-state index in [2.05, 4.69) is 30.8 Å². The lowest BCUT2D eigenvalue weighted by Crippen LogP contribution is -2.06. The highest BCUT2D eigenvalue weighted by Gasteiger charge is 2.07. The molecule has 2 N–H and O–H groups in total.